The summed E-state index contributed by atoms with van der Waals surface area (Å²) in [6.45, 7) is 0.155. The molecular formula is C13H11ClN4O3. The van der Waals surface area contributed by atoms with Gasteiger partial charge in [0.2, 0.25) is 0 Å². The lowest BCUT2D eigenvalue weighted by molar-refractivity contribution is -0.384. The van der Waals surface area contributed by atoms with Crippen LogP contribution in [0.25, 0.3) is 0 Å². The number of non-ortho nitro benzene ring substituents is 1. The standard InChI is InChI=1S/C13H11ClN4O3/c14-11-5-9(7-16-12(11)15)13(19)17-6-8-2-1-3-10(4-8)18(20)21/h1-5,7H,6H2,(H2,15,16)(H,17,19). The summed E-state index contributed by atoms with van der Waals surface area (Å²) < 4.78 is 0. The third kappa shape index (κ3) is 3.67. The van der Waals surface area contributed by atoms with Crippen LogP contribution in [0.15, 0.2) is 36.5 Å². The molecule has 0 saturated heterocycles. The number of nitrogens with one attached hydrogen (secondary N) is 1. The molecule has 0 radical (unpaired) electrons. The van der Waals surface area contributed by atoms with Gasteiger partial charge in [0, 0.05) is 24.9 Å². The van der Waals surface area contributed by atoms with Crippen molar-refractivity contribution in [2.75, 3.05) is 5.73 Å². The molecule has 0 saturated carbocycles. The summed E-state index contributed by atoms with van der Waals surface area (Å²) in [4.78, 5) is 25.9. The summed E-state index contributed by atoms with van der Waals surface area (Å²) in [6.07, 6.45) is 1.31. The highest BCUT2D eigenvalue weighted by molar-refractivity contribution is 6.33. The summed E-state index contributed by atoms with van der Waals surface area (Å²) >= 11 is 5.79. The predicted octanol–water partition coefficient (Wildman–Crippen LogP) is 2.16. The molecule has 1 aromatic heterocycles. The van der Waals surface area contributed by atoms with Crippen LogP contribution in [0, 0.1) is 10.1 Å². The molecule has 1 heterocycles. The lowest BCUT2D eigenvalue weighted by Crippen LogP contribution is -2.23. The summed E-state index contributed by atoms with van der Waals surface area (Å²) in [5.41, 5.74) is 6.31. The molecule has 3 N–H and O–H groups in total. The number of anilines is 1. The van der Waals surface area contributed by atoms with Crippen LogP contribution in [-0.4, -0.2) is 15.8 Å². The van der Waals surface area contributed by atoms with E-state index >= 15 is 0 Å². The number of rotatable bonds is 4. The van der Waals surface area contributed by atoms with E-state index < -0.39 is 10.8 Å². The third-order valence-corrected chi connectivity index (χ3v) is 3.01. The molecule has 2 aromatic rings. The average Bonchev–Trinajstić information content (AvgIpc) is 2.48. The normalized spacial score (nSPS) is 10.1. The molecule has 0 aliphatic heterocycles. The summed E-state index contributed by atoms with van der Waals surface area (Å²) in [7, 11) is 0. The van der Waals surface area contributed by atoms with Crippen molar-refractivity contribution >= 4 is 29.0 Å². The number of nitro benzene ring substituents is 1. The average molecular weight is 307 g/mol. The van der Waals surface area contributed by atoms with E-state index in [-0.39, 0.29) is 28.6 Å². The summed E-state index contributed by atoms with van der Waals surface area (Å²) in [5, 5.41) is 13.5. The van der Waals surface area contributed by atoms with E-state index in [9.17, 15) is 14.9 Å². The molecular weight excluding hydrogens is 296 g/mol. The van der Waals surface area contributed by atoms with Crippen LogP contribution in [0.2, 0.25) is 5.02 Å². The smallest absolute Gasteiger partial charge is 0.269 e. The van der Waals surface area contributed by atoms with Crippen molar-refractivity contribution in [1.29, 1.82) is 0 Å². The van der Waals surface area contributed by atoms with Gasteiger partial charge in [-0.15, -0.1) is 0 Å². The van der Waals surface area contributed by atoms with Crippen molar-refractivity contribution in [2.24, 2.45) is 0 Å². The van der Waals surface area contributed by atoms with Gasteiger partial charge in [-0.1, -0.05) is 23.7 Å². The van der Waals surface area contributed by atoms with E-state index in [1.165, 1.54) is 24.4 Å². The van der Waals surface area contributed by atoms with Crippen LogP contribution in [0.1, 0.15) is 15.9 Å². The molecule has 1 aromatic carbocycles. The zero-order chi connectivity index (χ0) is 15.4. The Morgan fingerprint density at radius 2 is 2.19 bits per heavy atom. The minimum absolute atomic E-state index is 0.0288. The summed E-state index contributed by atoms with van der Waals surface area (Å²) in [6, 6.07) is 7.43. The van der Waals surface area contributed by atoms with E-state index in [0.29, 0.717) is 5.56 Å². The predicted molar refractivity (Wildman–Crippen MR) is 77.9 cm³/mol. The first kappa shape index (κ1) is 14.7. The van der Waals surface area contributed by atoms with Gasteiger partial charge in [0.25, 0.3) is 11.6 Å². The number of nitrogens with two attached hydrogens (primary N) is 1. The van der Waals surface area contributed by atoms with Gasteiger partial charge < -0.3 is 11.1 Å². The van der Waals surface area contributed by atoms with E-state index in [0.717, 1.165) is 0 Å². The molecule has 8 heteroatoms. The van der Waals surface area contributed by atoms with Gasteiger partial charge in [0.05, 0.1) is 15.5 Å². The van der Waals surface area contributed by atoms with Crippen molar-refractivity contribution < 1.29 is 9.72 Å². The number of amides is 1. The molecule has 2 rings (SSSR count). The maximum absolute atomic E-state index is 11.9. The van der Waals surface area contributed by atoms with Gasteiger partial charge in [0.15, 0.2) is 0 Å². The van der Waals surface area contributed by atoms with Crippen molar-refractivity contribution in [2.45, 2.75) is 6.54 Å². The van der Waals surface area contributed by atoms with Crippen molar-refractivity contribution in [3.63, 3.8) is 0 Å². The van der Waals surface area contributed by atoms with E-state index in [2.05, 4.69) is 10.3 Å². The molecule has 1 amide bonds. The molecule has 0 unspecified atom stereocenters. The third-order valence-electron chi connectivity index (χ3n) is 2.71. The van der Waals surface area contributed by atoms with Crippen LogP contribution >= 0.6 is 11.6 Å². The second kappa shape index (κ2) is 6.19. The molecule has 0 aliphatic carbocycles. The van der Waals surface area contributed by atoms with Crippen molar-refractivity contribution in [3.8, 4) is 0 Å². The van der Waals surface area contributed by atoms with E-state index in [4.69, 9.17) is 17.3 Å². The second-order valence-electron chi connectivity index (χ2n) is 4.20. The van der Waals surface area contributed by atoms with E-state index in [1.807, 2.05) is 0 Å². The fourth-order valence-electron chi connectivity index (χ4n) is 1.64. The van der Waals surface area contributed by atoms with Gasteiger partial charge in [-0.3, -0.25) is 14.9 Å². The number of pyridine rings is 1. The monoisotopic (exact) mass is 306 g/mol. The Labute approximate surface area is 124 Å². The maximum atomic E-state index is 11.9. The SMILES string of the molecule is Nc1ncc(C(=O)NCc2cccc([N+](=O)[O-])c2)cc1Cl. The first-order valence-electron chi connectivity index (χ1n) is 5.90. The van der Waals surface area contributed by atoms with Gasteiger partial charge in [0.1, 0.15) is 5.82 Å². The number of nitro groups is 1. The van der Waals surface area contributed by atoms with Crippen LogP contribution in [0.3, 0.4) is 0 Å². The molecule has 0 aliphatic rings. The first-order valence-corrected chi connectivity index (χ1v) is 6.27. The Hall–Kier alpha value is -2.67. The minimum Gasteiger partial charge on any atom is -0.382 e. The largest absolute Gasteiger partial charge is 0.382 e. The minimum atomic E-state index is -0.491. The zero-order valence-electron chi connectivity index (χ0n) is 10.7. The highest BCUT2D eigenvalue weighted by atomic mass is 35.5. The Balaban J connectivity index is 2.05. The quantitative estimate of drug-likeness (QED) is 0.664. The highest BCUT2D eigenvalue weighted by Gasteiger charge is 2.10. The Kier molecular flexibility index (Phi) is 4.34. The van der Waals surface area contributed by atoms with Gasteiger partial charge in [-0.2, -0.15) is 0 Å². The molecule has 21 heavy (non-hydrogen) atoms. The number of halogens is 1. The molecule has 0 bridgehead atoms. The number of nitrogens with zero attached hydrogens (tertiary/aromatic N) is 2. The Morgan fingerprint density at radius 3 is 2.86 bits per heavy atom. The Morgan fingerprint density at radius 1 is 1.43 bits per heavy atom. The number of nitrogen functional groups attached to an aromatic ring is 1. The number of benzene rings is 1. The van der Waals surface area contributed by atoms with Crippen molar-refractivity contribution in [1.82, 2.24) is 10.3 Å². The summed E-state index contributed by atoms with van der Waals surface area (Å²) in [5.74, 6) is -0.247. The van der Waals surface area contributed by atoms with Crippen LogP contribution in [0.4, 0.5) is 11.5 Å². The van der Waals surface area contributed by atoms with Gasteiger partial charge in [-0.25, -0.2) is 4.98 Å². The zero-order valence-corrected chi connectivity index (χ0v) is 11.5. The molecule has 7 nitrogen and oxygen atoms in total. The number of carbonyl (C=O) groups excluding carboxylic acids is 1. The molecule has 0 spiro atoms. The van der Waals surface area contributed by atoms with E-state index in [1.54, 1.807) is 12.1 Å². The molecule has 0 fully saturated rings. The molecule has 0 atom stereocenters. The van der Waals surface area contributed by atoms with Crippen molar-refractivity contribution in [3.05, 3.63) is 62.8 Å². The number of hydrogen-bond acceptors (Lipinski definition) is 5. The highest BCUT2D eigenvalue weighted by Crippen LogP contribution is 2.17. The van der Waals surface area contributed by atoms with Crippen LogP contribution in [-0.2, 0) is 6.54 Å². The maximum Gasteiger partial charge on any atom is 0.269 e. The topological polar surface area (TPSA) is 111 Å². The fourth-order valence-corrected chi connectivity index (χ4v) is 1.80. The second-order valence-corrected chi connectivity index (χ2v) is 4.61. The Bertz CT molecular complexity index is 706. The van der Waals surface area contributed by atoms with Gasteiger partial charge >= 0.3 is 0 Å². The lowest BCUT2D eigenvalue weighted by Gasteiger charge is -2.06. The lowest BCUT2D eigenvalue weighted by atomic mass is 10.2. The number of aromatic nitrogens is 1. The van der Waals surface area contributed by atoms with Crippen LogP contribution < -0.4 is 11.1 Å². The molecule has 108 valence electrons. The first-order chi connectivity index (χ1) is 9.97. The number of hydrogen-bond donors (Lipinski definition) is 2. The fraction of sp³-hybridized carbons (Fsp3) is 0.0769. The van der Waals surface area contributed by atoms with Crippen LogP contribution in [0.5, 0.6) is 0 Å². The van der Waals surface area contributed by atoms with Gasteiger partial charge in [-0.05, 0) is 11.6 Å². The number of carbonyl (C=O) groups is 1.